The maximum atomic E-state index is 12.6. The molecule has 0 radical (unpaired) electrons. The van der Waals surface area contributed by atoms with Crippen LogP contribution >= 0.6 is 0 Å². The number of nitrogens with zero attached hydrogens (tertiary/aromatic N) is 2. The summed E-state index contributed by atoms with van der Waals surface area (Å²) in [6, 6.07) is 16.8. The normalized spacial score (nSPS) is 10.9. The maximum absolute atomic E-state index is 12.6. The molecule has 4 aromatic rings. The monoisotopic (exact) mass is 432 g/mol. The van der Waals surface area contributed by atoms with Gasteiger partial charge in [-0.3, -0.25) is 9.36 Å². The zero-order chi connectivity index (χ0) is 22.7. The Balaban J connectivity index is 1.49. The summed E-state index contributed by atoms with van der Waals surface area (Å²) < 4.78 is 12.0. The third-order valence-electron chi connectivity index (χ3n) is 5.37. The van der Waals surface area contributed by atoms with Crippen molar-refractivity contribution in [3.8, 4) is 22.8 Å². The predicted octanol–water partition coefficient (Wildman–Crippen LogP) is 3.65. The van der Waals surface area contributed by atoms with E-state index in [1.807, 2.05) is 36.4 Å². The van der Waals surface area contributed by atoms with E-state index in [0.29, 0.717) is 34.5 Å². The number of ketones is 1. The van der Waals surface area contributed by atoms with Crippen molar-refractivity contribution < 1.29 is 14.3 Å². The van der Waals surface area contributed by atoms with Gasteiger partial charge in [0.1, 0.15) is 5.82 Å². The highest BCUT2D eigenvalue weighted by Gasteiger charge is 2.15. The Bertz CT molecular complexity index is 1330. The van der Waals surface area contributed by atoms with Crippen LogP contribution in [0.1, 0.15) is 23.3 Å². The smallest absolute Gasteiger partial charge is 0.349 e. The van der Waals surface area contributed by atoms with Crippen LogP contribution in [-0.4, -0.2) is 34.5 Å². The van der Waals surface area contributed by atoms with Crippen molar-refractivity contribution in [3.05, 3.63) is 70.8 Å². The van der Waals surface area contributed by atoms with Crippen LogP contribution in [0.4, 0.5) is 5.82 Å². The van der Waals surface area contributed by atoms with Crippen molar-refractivity contribution in [1.29, 1.82) is 0 Å². The Hall–Kier alpha value is -4.07. The number of carbonyl (C=O) groups is 1. The third kappa shape index (κ3) is 4.07. The summed E-state index contributed by atoms with van der Waals surface area (Å²) in [4.78, 5) is 32.4. The van der Waals surface area contributed by atoms with E-state index in [4.69, 9.17) is 15.2 Å². The van der Waals surface area contributed by atoms with Crippen LogP contribution in [0, 0.1) is 0 Å². The van der Waals surface area contributed by atoms with E-state index in [-0.39, 0.29) is 24.6 Å². The van der Waals surface area contributed by atoms with Gasteiger partial charge in [0, 0.05) is 30.1 Å². The lowest BCUT2D eigenvalue weighted by Gasteiger charge is -2.13. The number of nitrogens with one attached hydrogen (secondary N) is 1. The summed E-state index contributed by atoms with van der Waals surface area (Å²) in [7, 11) is 3.04. The van der Waals surface area contributed by atoms with Gasteiger partial charge in [0.2, 0.25) is 0 Å². The highest BCUT2D eigenvalue weighted by molar-refractivity contribution is 5.95. The quantitative estimate of drug-likeness (QED) is 0.411. The second-order valence-electron chi connectivity index (χ2n) is 7.33. The van der Waals surface area contributed by atoms with Crippen LogP contribution in [0.3, 0.4) is 0 Å². The van der Waals surface area contributed by atoms with Gasteiger partial charge in [0.05, 0.1) is 25.4 Å². The number of hydrogen-bond donors (Lipinski definition) is 2. The van der Waals surface area contributed by atoms with Gasteiger partial charge in [-0.25, -0.2) is 4.79 Å². The molecule has 0 aliphatic heterocycles. The van der Waals surface area contributed by atoms with Gasteiger partial charge in [-0.05, 0) is 30.2 Å². The molecule has 4 rings (SSSR count). The largest absolute Gasteiger partial charge is 0.493 e. The second-order valence-corrected chi connectivity index (χ2v) is 7.33. The highest BCUT2D eigenvalue weighted by atomic mass is 16.5. The van der Waals surface area contributed by atoms with Gasteiger partial charge in [0.25, 0.3) is 0 Å². The minimum Gasteiger partial charge on any atom is -0.493 e. The van der Waals surface area contributed by atoms with Gasteiger partial charge in [-0.2, -0.15) is 4.98 Å². The number of fused-ring (bicyclic) bond motifs is 1. The number of H-pyrrole nitrogens is 1. The standard InChI is InChI=1S/C24H24N4O4/c1-31-21-13-16-19(14-22(21)32-2)27-24(30)28(23(16)25)12-6-9-20(29)18-11-10-17(26-18)15-7-4-3-5-8-15/h3-5,7-8,10-11,13-14,26H,6,9,12,25H2,1-2H3. The first-order valence-corrected chi connectivity index (χ1v) is 10.2. The van der Waals surface area contributed by atoms with E-state index in [9.17, 15) is 9.59 Å². The fourth-order valence-corrected chi connectivity index (χ4v) is 3.67. The van der Waals surface area contributed by atoms with Gasteiger partial charge < -0.3 is 20.2 Å². The molecule has 0 spiro atoms. The lowest BCUT2D eigenvalue weighted by atomic mass is 10.1. The number of rotatable bonds is 8. The fraction of sp³-hybridized carbons (Fsp3) is 0.208. The Labute approximate surface area is 184 Å². The van der Waals surface area contributed by atoms with Crippen molar-refractivity contribution in [2.45, 2.75) is 19.4 Å². The number of nitrogen functional groups attached to an aromatic ring is 1. The maximum Gasteiger partial charge on any atom is 0.349 e. The average Bonchev–Trinajstić information content (AvgIpc) is 3.31. The van der Waals surface area contributed by atoms with E-state index < -0.39 is 5.69 Å². The summed E-state index contributed by atoms with van der Waals surface area (Å²) in [5, 5.41) is 0.588. The zero-order valence-electron chi connectivity index (χ0n) is 17.9. The van der Waals surface area contributed by atoms with Crippen molar-refractivity contribution in [1.82, 2.24) is 14.5 Å². The first kappa shape index (κ1) is 21.2. The summed E-state index contributed by atoms with van der Waals surface area (Å²) in [5.41, 5.74) is 8.66. The molecule has 0 saturated carbocycles. The molecule has 0 amide bonds. The molecular weight excluding hydrogens is 408 g/mol. The summed E-state index contributed by atoms with van der Waals surface area (Å²) >= 11 is 0. The lowest BCUT2D eigenvalue weighted by molar-refractivity contribution is 0.0974. The van der Waals surface area contributed by atoms with Gasteiger partial charge in [-0.15, -0.1) is 0 Å². The van der Waals surface area contributed by atoms with Gasteiger partial charge in [0.15, 0.2) is 17.3 Å². The van der Waals surface area contributed by atoms with Crippen LogP contribution in [0.15, 0.2) is 59.4 Å². The molecule has 0 unspecified atom stereocenters. The van der Waals surface area contributed by atoms with Crippen molar-refractivity contribution in [2.75, 3.05) is 20.0 Å². The highest BCUT2D eigenvalue weighted by Crippen LogP contribution is 2.33. The van der Waals surface area contributed by atoms with Crippen LogP contribution < -0.4 is 20.9 Å². The number of carbonyl (C=O) groups excluding carboxylic acids is 1. The first-order valence-electron chi connectivity index (χ1n) is 10.2. The molecular formula is C24H24N4O4. The lowest BCUT2D eigenvalue weighted by Crippen LogP contribution is -2.26. The molecule has 8 heteroatoms. The van der Waals surface area contributed by atoms with Gasteiger partial charge in [-0.1, -0.05) is 30.3 Å². The number of aromatic nitrogens is 3. The molecule has 8 nitrogen and oxygen atoms in total. The first-order chi connectivity index (χ1) is 15.5. The Morgan fingerprint density at radius 3 is 2.50 bits per heavy atom. The van der Waals surface area contributed by atoms with Crippen LogP contribution in [0.2, 0.25) is 0 Å². The zero-order valence-corrected chi connectivity index (χ0v) is 17.9. The number of nitrogens with two attached hydrogens (primary N) is 1. The molecule has 3 N–H and O–H groups in total. The molecule has 2 aromatic carbocycles. The van der Waals surface area contributed by atoms with Crippen molar-refractivity contribution in [2.24, 2.45) is 0 Å². The number of hydrogen-bond acceptors (Lipinski definition) is 6. The minimum atomic E-state index is -0.471. The SMILES string of the molecule is COc1cc2nc(=O)n(CCCC(=O)c3ccc(-c4ccccc4)[nH]3)c(N)c2cc1OC. The van der Waals surface area contributed by atoms with Crippen molar-refractivity contribution in [3.63, 3.8) is 0 Å². The van der Waals surface area contributed by atoms with Crippen molar-refractivity contribution >= 4 is 22.5 Å². The number of benzene rings is 2. The Morgan fingerprint density at radius 2 is 1.78 bits per heavy atom. The second kappa shape index (κ2) is 8.97. The third-order valence-corrected chi connectivity index (χ3v) is 5.37. The van der Waals surface area contributed by atoms with E-state index in [1.165, 1.54) is 18.8 Å². The van der Waals surface area contributed by atoms with Crippen LogP contribution in [0.5, 0.6) is 11.5 Å². The topological polar surface area (TPSA) is 112 Å². The van der Waals surface area contributed by atoms with Crippen LogP contribution in [-0.2, 0) is 6.54 Å². The molecule has 2 aromatic heterocycles. The molecule has 0 atom stereocenters. The molecule has 0 bridgehead atoms. The fourth-order valence-electron chi connectivity index (χ4n) is 3.67. The molecule has 164 valence electrons. The molecule has 32 heavy (non-hydrogen) atoms. The van der Waals surface area contributed by atoms with Crippen LogP contribution in [0.25, 0.3) is 22.2 Å². The average molecular weight is 432 g/mol. The van der Waals surface area contributed by atoms with Gasteiger partial charge >= 0.3 is 5.69 Å². The van der Waals surface area contributed by atoms with E-state index in [1.54, 1.807) is 18.2 Å². The molecule has 0 aliphatic carbocycles. The Morgan fingerprint density at radius 1 is 1.06 bits per heavy atom. The minimum absolute atomic E-state index is 0.0287. The summed E-state index contributed by atoms with van der Waals surface area (Å²) in [6.45, 7) is 0.278. The molecule has 2 heterocycles. The molecule has 0 fully saturated rings. The number of aromatic amines is 1. The number of methoxy groups -OCH3 is 2. The number of anilines is 1. The van der Waals surface area contributed by atoms with E-state index in [0.717, 1.165) is 11.3 Å². The number of Topliss-reactive ketones (excluding diaryl/α,β-unsaturated/α-hetero) is 1. The predicted molar refractivity (Wildman–Crippen MR) is 123 cm³/mol. The number of ether oxygens (including phenoxy) is 2. The van der Waals surface area contributed by atoms with E-state index in [2.05, 4.69) is 9.97 Å². The summed E-state index contributed by atoms with van der Waals surface area (Å²) in [5.74, 6) is 1.21. The molecule has 0 saturated heterocycles. The van der Waals surface area contributed by atoms with E-state index >= 15 is 0 Å². The summed E-state index contributed by atoms with van der Waals surface area (Å²) in [6.07, 6.45) is 0.716. The molecule has 0 aliphatic rings. The Kier molecular flexibility index (Phi) is 5.93.